The van der Waals surface area contributed by atoms with Crippen LogP contribution in [0.2, 0.25) is 0 Å². The molecule has 0 bridgehead atoms. The summed E-state index contributed by atoms with van der Waals surface area (Å²) in [5.74, 6) is 0. The average molecular weight is 308 g/mol. The van der Waals surface area contributed by atoms with Crippen LogP contribution < -0.4 is 0 Å². The van der Waals surface area contributed by atoms with Gasteiger partial charge in [-0.1, -0.05) is 54.6 Å². The van der Waals surface area contributed by atoms with Gasteiger partial charge in [0.25, 0.3) is 0 Å². The van der Waals surface area contributed by atoms with Crippen molar-refractivity contribution in [1.82, 2.24) is 0 Å². The molecule has 0 aromatic heterocycles. The zero-order valence-electron chi connectivity index (χ0n) is 14.4. The van der Waals surface area contributed by atoms with Crippen molar-refractivity contribution in [3.63, 3.8) is 0 Å². The molecule has 0 heteroatoms. The molecule has 0 spiro atoms. The number of aryl methyl sites for hydroxylation is 3. The van der Waals surface area contributed by atoms with Gasteiger partial charge in [-0.25, -0.2) is 0 Å². The fourth-order valence-corrected chi connectivity index (χ4v) is 4.63. The van der Waals surface area contributed by atoms with Crippen LogP contribution in [-0.4, -0.2) is 0 Å². The molecule has 0 nitrogen and oxygen atoms in total. The highest BCUT2D eigenvalue weighted by atomic mass is 14.3. The van der Waals surface area contributed by atoms with Crippen molar-refractivity contribution in [3.05, 3.63) is 82.4 Å². The molecule has 0 saturated heterocycles. The minimum Gasteiger partial charge on any atom is -0.0616 e. The molecular formula is C24H20. The first kappa shape index (κ1) is 13.8. The number of benzene rings is 4. The van der Waals surface area contributed by atoms with E-state index in [1.165, 1.54) is 60.5 Å². The van der Waals surface area contributed by atoms with Gasteiger partial charge in [0.15, 0.2) is 0 Å². The van der Waals surface area contributed by atoms with Crippen molar-refractivity contribution in [3.8, 4) is 11.1 Å². The summed E-state index contributed by atoms with van der Waals surface area (Å²) >= 11 is 0. The summed E-state index contributed by atoms with van der Waals surface area (Å²) in [5, 5.41) is 5.65. The maximum absolute atomic E-state index is 2.40. The van der Waals surface area contributed by atoms with E-state index in [4.69, 9.17) is 0 Å². The molecule has 1 aliphatic rings. The van der Waals surface area contributed by atoms with Crippen LogP contribution in [0.1, 0.15) is 27.8 Å². The fraction of sp³-hybridized carbons (Fsp3) is 0.167. The quantitative estimate of drug-likeness (QED) is 0.307. The van der Waals surface area contributed by atoms with E-state index < -0.39 is 0 Å². The average Bonchev–Trinajstić information content (AvgIpc) is 2.58. The Morgan fingerprint density at radius 3 is 2.12 bits per heavy atom. The minimum atomic E-state index is 1.04. The van der Waals surface area contributed by atoms with Crippen molar-refractivity contribution in [2.75, 3.05) is 0 Å². The monoisotopic (exact) mass is 308 g/mol. The van der Waals surface area contributed by atoms with E-state index in [-0.39, 0.29) is 0 Å². The summed E-state index contributed by atoms with van der Waals surface area (Å²) in [7, 11) is 0. The molecule has 0 N–H and O–H groups in total. The summed E-state index contributed by atoms with van der Waals surface area (Å²) < 4.78 is 0. The van der Waals surface area contributed by atoms with E-state index in [1.54, 1.807) is 0 Å². The zero-order chi connectivity index (χ0) is 16.4. The molecule has 4 aromatic rings. The summed E-state index contributed by atoms with van der Waals surface area (Å²) in [4.78, 5) is 0. The third kappa shape index (κ3) is 1.69. The molecule has 0 aliphatic heterocycles. The van der Waals surface area contributed by atoms with Crippen molar-refractivity contribution in [2.45, 2.75) is 27.2 Å². The van der Waals surface area contributed by atoms with Crippen LogP contribution >= 0.6 is 0 Å². The Hall–Kier alpha value is -2.60. The Kier molecular flexibility index (Phi) is 2.71. The second-order valence-electron chi connectivity index (χ2n) is 7.18. The second-order valence-corrected chi connectivity index (χ2v) is 7.18. The van der Waals surface area contributed by atoms with Gasteiger partial charge in [0.1, 0.15) is 0 Å². The van der Waals surface area contributed by atoms with Gasteiger partial charge in [-0.2, -0.15) is 0 Å². The van der Waals surface area contributed by atoms with Gasteiger partial charge in [-0.15, -0.1) is 0 Å². The maximum atomic E-state index is 2.40. The SMILES string of the molecule is Cc1cc(C)c2cccc3c2c1-c1c(cc(C)c2ccccc12)C3. The molecule has 0 radical (unpaired) electrons. The zero-order valence-corrected chi connectivity index (χ0v) is 14.4. The van der Waals surface area contributed by atoms with Gasteiger partial charge in [0.2, 0.25) is 0 Å². The van der Waals surface area contributed by atoms with Crippen LogP contribution in [0.4, 0.5) is 0 Å². The predicted octanol–water partition coefficient (Wildman–Crippen LogP) is 6.49. The maximum Gasteiger partial charge on any atom is -0.00129 e. The lowest BCUT2D eigenvalue weighted by atomic mass is 9.78. The van der Waals surface area contributed by atoms with Crippen molar-refractivity contribution >= 4 is 21.5 Å². The van der Waals surface area contributed by atoms with Gasteiger partial charge in [0.05, 0.1) is 0 Å². The van der Waals surface area contributed by atoms with E-state index in [9.17, 15) is 0 Å². The van der Waals surface area contributed by atoms with E-state index in [0.717, 1.165) is 6.42 Å². The second kappa shape index (κ2) is 4.70. The van der Waals surface area contributed by atoms with E-state index >= 15 is 0 Å². The smallest absolute Gasteiger partial charge is 0.00129 e. The highest BCUT2D eigenvalue weighted by Crippen LogP contribution is 2.46. The third-order valence-electron chi connectivity index (χ3n) is 5.62. The van der Waals surface area contributed by atoms with Crippen LogP contribution in [0, 0.1) is 20.8 Å². The highest BCUT2D eigenvalue weighted by molar-refractivity contribution is 6.12. The third-order valence-corrected chi connectivity index (χ3v) is 5.62. The Labute approximate surface area is 142 Å². The van der Waals surface area contributed by atoms with Gasteiger partial charge >= 0.3 is 0 Å². The molecule has 0 fully saturated rings. The molecule has 24 heavy (non-hydrogen) atoms. The molecule has 1 aliphatic carbocycles. The Morgan fingerprint density at radius 2 is 1.29 bits per heavy atom. The first-order chi connectivity index (χ1) is 11.6. The minimum absolute atomic E-state index is 1.04. The van der Waals surface area contributed by atoms with E-state index in [1.807, 2.05) is 0 Å². The summed E-state index contributed by atoms with van der Waals surface area (Å²) in [5.41, 5.74) is 10.00. The van der Waals surface area contributed by atoms with Gasteiger partial charge in [0, 0.05) is 0 Å². The van der Waals surface area contributed by atoms with Crippen LogP contribution in [0.5, 0.6) is 0 Å². The molecule has 4 aromatic carbocycles. The van der Waals surface area contributed by atoms with Crippen LogP contribution in [0.15, 0.2) is 54.6 Å². The van der Waals surface area contributed by atoms with Crippen molar-refractivity contribution < 1.29 is 0 Å². The normalized spacial score (nSPS) is 12.6. The summed E-state index contributed by atoms with van der Waals surface area (Å²) in [6, 6.07) is 20.4. The molecule has 0 atom stereocenters. The van der Waals surface area contributed by atoms with Gasteiger partial charge in [-0.05, 0) is 87.7 Å². The number of rotatable bonds is 0. The summed E-state index contributed by atoms with van der Waals surface area (Å²) in [6.07, 6.45) is 1.04. The van der Waals surface area contributed by atoms with Crippen LogP contribution in [0.25, 0.3) is 32.7 Å². The molecule has 0 amide bonds. The molecule has 116 valence electrons. The first-order valence-electron chi connectivity index (χ1n) is 8.68. The Bertz CT molecular complexity index is 1150. The largest absolute Gasteiger partial charge is 0.0616 e. The van der Waals surface area contributed by atoms with Crippen molar-refractivity contribution in [1.29, 1.82) is 0 Å². The fourth-order valence-electron chi connectivity index (χ4n) is 4.63. The van der Waals surface area contributed by atoms with E-state index in [0.29, 0.717) is 0 Å². The Balaban J connectivity index is 2.06. The first-order valence-corrected chi connectivity index (χ1v) is 8.68. The van der Waals surface area contributed by atoms with Crippen molar-refractivity contribution in [2.24, 2.45) is 0 Å². The molecule has 0 unspecified atom stereocenters. The molecule has 0 saturated carbocycles. The Morgan fingerprint density at radius 1 is 0.583 bits per heavy atom. The predicted molar refractivity (Wildman–Crippen MR) is 104 cm³/mol. The standard InChI is InChI=1S/C24H20/c1-14-11-16(3)22-23-17(7-6-10-20(14)23)13-18-12-15(2)19-8-4-5-9-21(19)24(18)22/h4-12H,13H2,1-3H3. The molecule has 0 heterocycles. The van der Waals surface area contributed by atoms with Gasteiger partial charge < -0.3 is 0 Å². The number of hydrogen-bond donors (Lipinski definition) is 0. The molecular weight excluding hydrogens is 288 g/mol. The van der Waals surface area contributed by atoms with E-state index in [2.05, 4.69) is 75.4 Å². The topological polar surface area (TPSA) is 0 Å². The summed E-state index contributed by atoms with van der Waals surface area (Å²) in [6.45, 7) is 6.74. The van der Waals surface area contributed by atoms with Gasteiger partial charge in [-0.3, -0.25) is 0 Å². The lowest BCUT2D eigenvalue weighted by Gasteiger charge is -2.26. The van der Waals surface area contributed by atoms with Crippen LogP contribution in [0.3, 0.4) is 0 Å². The number of hydrogen-bond acceptors (Lipinski definition) is 0. The lowest BCUT2D eigenvalue weighted by Crippen LogP contribution is -2.05. The highest BCUT2D eigenvalue weighted by Gasteiger charge is 2.23. The lowest BCUT2D eigenvalue weighted by molar-refractivity contribution is 1.19. The molecule has 5 rings (SSSR count). The van der Waals surface area contributed by atoms with Crippen LogP contribution in [-0.2, 0) is 6.42 Å². The number of fused-ring (bicyclic) bond motifs is 4.